The zero-order valence-electron chi connectivity index (χ0n) is 14.7. The summed E-state index contributed by atoms with van der Waals surface area (Å²) in [6.45, 7) is 8.38. The van der Waals surface area contributed by atoms with Crippen molar-refractivity contribution in [2.75, 3.05) is 44.2 Å². The van der Waals surface area contributed by atoms with Crippen molar-refractivity contribution >= 4 is 5.69 Å². The second-order valence-corrected chi connectivity index (χ2v) is 6.32. The highest BCUT2D eigenvalue weighted by molar-refractivity contribution is 5.58. The largest absolute Gasteiger partial charge is 0.492 e. The fourth-order valence-electron chi connectivity index (χ4n) is 3.36. The van der Waals surface area contributed by atoms with Gasteiger partial charge in [0, 0.05) is 26.2 Å². The van der Waals surface area contributed by atoms with Crippen LogP contribution in [0.15, 0.2) is 54.6 Å². The Morgan fingerprint density at radius 2 is 1.58 bits per heavy atom. The monoisotopic (exact) mass is 324 g/mol. The van der Waals surface area contributed by atoms with Gasteiger partial charge in [0.05, 0.1) is 12.3 Å². The molecule has 0 radical (unpaired) electrons. The van der Waals surface area contributed by atoms with Gasteiger partial charge in [-0.1, -0.05) is 42.5 Å². The van der Waals surface area contributed by atoms with Gasteiger partial charge in [-0.05, 0) is 44.0 Å². The third-order valence-electron chi connectivity index (χ3n) is 4.66. The van der Waals surface area contributed by atoms with Crippen LogP contribution in [0.1, 0.15) is 18.9 Å². The normalized spacial score (nSPS) is 15.5. The lowest BCUT2D eigenvalue weighted by Gasteiger charge is -2.36. The molecule has 0 saturated carbocycles. The molecule has 1 aliphatic heterocycles. The van der Waals surface area contributed by atoms with Gasteiger partial charge in [0.2, 0.25) is 0 Å². The van der Waals surface area contributed by atoms with Crippen molar-refractivity contribution in [3.05, 3.63) is 60.2 Å². The highest BCUT2D eigenvalue weighted by Crippen LogP contribution is 2.28. The van der Waals surface area contributed by atoms with Gasteiger partial charge in [-0.3, -0.25) is 4.90 Å². The van der Waals surface area contributed by atoms with Crippen LogP contribution < -0.4 is 9.64 Å². The number of rotatable bonds is 7. The number of nitrogens with zero attached hydrogens (tertiary/aromatic N) is 2. The quantitative estimate of drug-likeness (QED) is 0.769. The SMILES string of the molecule is CCOc1ccccc1N1CCN(CCCc2ccccc2)CC1. The number of aryl methyl sites for hydroxylation is 1. The lowest BCUT2D eigenvalue weighted by atomic mass is 10.1. The summed E-state index contributed by atoms with van der Waals surface area (Å²) in [6, 6.07) is 19.2. The molecule has 1 heterocycles. The molecule has 3 rings (SSSR count). The molecule has 1 aliphatic rings. The molecule has 1 fully saturated rings. The standard InChI is InChI=1S/C21H28N2O/c1-2-24-21-13-7-6-12-20(21)23-17-15-22(16-18-23)14-8-11-19-9-4-3-5-10-19/h3-7,9-10,12-13H,2,8,11,14-18H2,1H3. The van der Waals surface area contributed by atoms with Crippen molar-refractivity contribution in [3.63, 3.8) is 0 Å². The molecular formula is C21H28N2O. The van der Waals surface area contributed by atoms with E-state index in [0.717, 1.165) is 38.5 Å². The van der Waals surface area contributed by atoms with Gasteiger partial charge in [-0.25, -0.2) is 0 Å². The minimum atomic E-state index is 0.719. The third-order valence-corrected chi connectivity index (χ3v) is 4.66. The van der Waals surface area contributed by atoms with Crippen LogP contribution in [0.2, 0.25) is 0 Å². The van der Waals surface area contributed by atoms with Crippen LogP contribution in [0.4, 0.5) is 5.69 Å². The maximum absolute atomic E-state index is 5.78. The van der Waals surface area contributed by atoms with Crippen LogP contribution in [-0.2, 0) is 6.42 Å². The highest BCUT2D eigenvalue weighted by atomic mass is 16.5. The predicted molar refractivity (Wildman–Crippen MR) is 101 cm³/mol. The van der Waals surface area contributed by atoms with Crippen molar-refractivity contribution in [2.45, 2.75) is 19.8 Å². The fourth-order valence-corrected chi connectivity index (χ4v) is 3.36. The van der Waals surface area contributed by atoms with Crippen LogP contribution in [-0.4, -0.2) is 44.2 Å². The molecule has 0 atom stereocenters. The molecule has 128 valence electrons. The van der Waals surface area contributed by atoms with Gasteiger partial charge >= 0.3 is 0 Å². The summed E-state index contributed by atoms with van der Waals surface area (Å²) in [5.41, 5.74) is 2.69. The average Bonchev–Trinajstić information content (AvgIpc) is 2.64. The minimum Gasteiger partial charge on any atom is -0.492 e. The van der Waals surface area contributed by atoms with Crippen LogP contribution in [0.25, 0.3) is 0 Å². The average molecular weight is 324 g/mol. The molecule has 0 amide bonds. The van der Waals surface area contributed by atoms with Crippen LogP contribution >= 0.6 is 0 Å². The van der Waals surface area contributed by atoms with Gasteiger partial charge < -0.3 is 9.64 Å². The van der Waals surface area contributed by atoms with Gasteiger partial charge in [0.15, 0.2) is 0 Å². The van der Waals surface area contributed by atoms with E-state index in [2.05, 4.69) is 58.3 Å². The molecule has 0 aromatic heterocycles. The second-order valence-electron chi connectivity index (χ2n) is 6.32. The Morgan fingerprint density at radius 3 is 2.33 bits per heavy atom. The molecule has 2 aromatic rings. The lowest BCUT2D eigenvalue weighted by molar-refractivity contribution is 0.253. The number of anilines is 1. The van der Waals surface area contributed by atoms with Crippen molar-refractivity contribution < 1.29 is 4.74 Å². The molecule has 1 saturated heterocycles. The number of benzene rings is 2. The zero-order chi connectivity index (χ0) is 16.6. The van der Waals surface area contributed by atoms with E-state index in [4.69, 9.17) is 4.74 Å². The van der Waals surface area contributed by atoms with Gasteiger partial charge in [-0.15, -0.1) is 0 Å². The van der Waals surface area contributed by atoms with Crippen molar-refractivity contribution in [3.8, 4) is 5.75 Å². The molecule has 3 heteroatoms. The number of para-hydroxylation sites is 2. The second kappa shape index (κ2) is 8.74. The summed E-state index contributed by atoms with van der Waals surface area (Å²) in [7, 11) is 0. The van der Waals surface area contributed by atoms with Crippen molar-refractivity contribution in [2.24, 2.45) is 0 Å². The van der Waals surface area contributed by atoms with E-state index in [9.17, 15) is 0 Å². The first kappa shape index (κ1) is 16.8. The minimum absolute atomic E-state index is 0.719. The molecule has 3 nitrogen and oxygen atoms in total. The summed E-state index contributed by atoms with van der Waals surface area (Å²) in [4.78, 5) is 5.04. The first-order valence-corrected chi connectivity index (χ1v) is 9.10. The first-order valence-electron chi connectivity index (χ1n) is 9.10. The van der Waals surface area contributed by atoms with E-state index in [1.807, 2.05) is 13.0 Å². The van der Waals surface area contributed by atoms with Gasteiger partial charge in [-0.2, -0.15) is 0 Å². The van der Waals surface area contributed by atoms with Crippen LogP contribution in [0.5, 0.6) is 5.75 Å². The fraction of sp³-hybridized carbons (Fsp3) is 0.429. The molecule has 0 spiro atoms. The number of piperazine rings is 1. The first-order chi connectivity index (χ1) is 11.9. The summed E-state index contributed by atoms with van der Waals surface area (Å²) in [5, 5.41) is 0. The number of hydrogen-bond donors (Lipinski definition) is 0. The summed E-state index contributed by atoms with van der Waals surface area (Å²) < 4.78 is 5.78. The predicted octanol–water partition coefficient (Wildman–Crippen LogP) is 3.84. The van der Waals surface area contributed by atoms with E-state index in [1.54, 1.807) is 0 Å². The number of hydrogen-bond acceptors (Lipinski definition) is 3. The van der Waals surface area contributed by atoms with Gasteiger partial charge in [0.25, 0.3) is 0 Å². The third kappa shape index (κ3) is 4.51. The zero-order valence-corrected chi connectivity index (χ0v) is 14.7. The Hall–Kier alpha value is -2.00. The smallest absolute Gasteiger partial charge is 0.142 e. The highest BCUT2D eigenvalue weighted by Gasteiger charge is 2.19. The molecule has 0 aliphatic carbocycles. The van der Waals surface area contributed by atoms with E-state index in [-0.39, 0.29) is 0 Å². The molecule has 2 aromatic carbocycles. The number of ether oxygens (including phenoxy) is 1. The summed E-state index contributed by atoms with van der Waals surface area (Å²) in [6.07, 6.45) is 2.41. The Balaban J connectivity index is 1.46. The Morgan fingerprint density at radius 1 is 0.875 bits per heavy atom. The molecule has 0 bridgehead atoms. The van der Waals surface area contributed by atoms with Crippen LogP contribution in [0, 0.1) is 0 Å². The van der Waals surface area contributed by atoms with Crippen LogP contribution in [0.3, 0.4) is 0 Å². The molecule has 24 heavy (non-hydrogen) atoms. The topological polar surface area (TPSA) is 15.7 Å². The van der Waals surface area contributed by atoms with Crippen molar-refractivity contribution in [1.29, 1.82) is 0 Å². The Labute approximate surface area is 145 Å². The van der Waals surface area contributed by atoms with Crippen molar-refractivity contribution in [1.82, 2.24) is 4.90 Å². The summed E-state index contributed by atoms with van der Waals surface area (Å²) >= 11 is 0. The van der Waals surface area contributed by atoms with E-state index in [1.165, 1.54) is 30.6 Å². The van der Waals surface area contributed by atoms with E-state index < -0.39 is 0 Å². The summed E-state index contributed by atoms with van der Waals surface area (Å²) in [5.74, 6) is 1.01. The van der Waals surface area contributed by atoms with E-state index in [0.29, 0.717) is 0 Å². The van der Waals surface area contributed by atoms with E-state index >= 15 is 0 Å². The maximum atomic E-state index is 5.78. The van der Waals surface area contributed by atoms with Gasteiger partial charge in [0.1, 0.15) is 5.75 Å². The Kier molecular flexibility index (Phi) is 6.13. The molecule has 0 unspecified atom stereocenters. The molecule has 0 N–H and O–H groups in total. The molecular weight excluding hydrogens is 296 g/mol. The lowest BCUT2D eigenvalue weighted by Crippen LogP contribution is -2.46. The maximum Gasteiger partial charge on any atom is 0.142 e. The Bertz CT molecular complexity index is 606.